The van der Waals surface area contributed by atoms with Crippen molar-refractivity contribution in [1.82, 2.24) is 15.5 Å². The molecule has 1 aliphatic carbocycles. The van der Waals surface area contributed by atoms with Gasteiger partial charge in [-0.25, -0.2) is 4.79 Å². The molecule has 22 heavy (non-hydrogen) atoms. The largest absolute Gasteiger partial charge is 0.329 e. The Morgan fingerprint density at radius 1 is 1.23 bits per heavy atom. The molecule has 2 aliphatic rings. The number of fused-ring (bicyclic) bond motifs is 1. The quantitative estimate of drug-likeness (QED) is 0.815. The second kappa shape index (κ2) is 6.48. The summed E-state index contributed by atoms with van der Waals surface area (Å²) in [6, 6.07) is 6.68. The number of hydrogen-bond acceptors (Lipinski definition) is 3. The molecule has 0 radical (unpaired) electrons. The zero-order valence-electron chi connectivity index (χ0n) is 13.0. The third-order valence-electron chi connectivity index (χ3n) is 4.60. The number of rotatable bonds is 5. The summed E-state index contributed by atoms with van der Waals surface area (Å²) in [6.45, 7) is 3.27. The highest BCUT2D eigenvalue weighted by atomic mass is 16.2. The SMILES string of the molecule is C[C@H](NCCN1C(=O)CNC1=O)c1ccc2c(c1)CCCC2. The molecule has 1 aromatic carbocycles. The minimum atomic E-state index is -0.284. The molecule has 0 saturated carbocycles. The molecule has 1 aromatic rings. The smallest absolute Gasteiger partial charge is 0.324 e. The van der Waals surface area contributed by atoms with Gasteiger partial charge in [-0.3, -0.25) is 9.69 Å². The number of imide groups is 1. The highest BCUT2D eigenvalue weighted by molar-refractivity contribution is 6.01. The van der Waals surface area contributed by atoms with E-state index >= 15 is 0 Å². The lowest BCUT2D eigenvalue weighted by atomic mass is 9.89. The van der Waals surface area contributed by atoms with Crippen molar-refractivity contribution in [3.05, 3.63) is 34.9 Å². The molecule has 1 aliphatic heterocycles. The Hall–Kier alpha value is -1.88. The molecule has 0 spiro atoms. The van der Waals surface area contributed by atoms with Crippen LogP contribution in [0.5, 0.6) is 0 Å². The van der Waals surface area contributed by atoms with Crippen LogP contribution in [0.2, 0.25) is 0 Å². The maximum atomic E-state index is 11.5. The number of benzene rings is 1. The maximum Gasteiger partial charge on any atom is 0.324 e. The van der Waals surface area contributed by atoms with Crippen molar-refractivity contribution >= 4 is 11.9 Å². The van der Waals surface area contributed by atoms with Gasteiger partial charge >= 0.3 is 6.03 Å². The highest BCUT2D eigenvalue weighted by Gasteiger charge is 2.27. The standard InChI is InChI=1S/C17H23N3O2/c1-12(18-8-9-20-16(21)11-19-17(20)22)14-7-6-13-4-2-3-5-15(13)10-14/h6-7,10,12,18H,2-5,8-9,11H2,1H3,(H,19,22)/t12-/m0/s1. The molecule has 1 saturated heterocycles. The van der Waals surface area contributed by atoms with Crippen LogP contribution in [0.1, 0.15) is 42.5 Å². The van der Waals surface area contributed by atoms with Gasteiger partial charge in [-0.1, -0.05) is 18.2 Å². The van der Waals surface area contributed by atoms with Gasteiger partial charge in [0.15, 0.2) is 0 Å². The van der Waals surface area contributed by atoms with Crippen LogP contribution in [0.15, 0.2) is 18.2 Å². The minimum Gasteiger partial charge on any atom is -0.329 e. The highest BCUT2D eigenvalue weighted by Crippen LogP contribution is 2.24. The molecule has 2 N–H and O–H groups in total. The summed E-state index contributed by atoms with van der Waals surface area (Å²) in [6.07, 6.45) is 4.96. The fourth-order valence-corrected chi connectivity index (χ4v) is 3.22. The van der Waals surface area contributed by atoms with Gasteiger partial charge in [0.2, 0.25) is 5.91 Å². The molecule has 1 atom stereocenters. The average Bonchev–Trinajstić information content (AvgIpc) is 2.86. The Balaban J connectivity index is 1.54. The first-order chi connectivity index (χ1) is 10.6. The zero-order chi connectivity index (χ0) is 15.5. The third kappa shape index (κ3) is 3.14. The number of amides is 3. The molecule has 0 bridgehead atoms. The van der Waals surface area contributed by atoms with Gasteiger partial charge < -0.3 is 10.6 Å². The molecule has 1 fully saturated rings. The summed E-state index contributed by atoms with van der Waals surface area (Å²) >= 11 is 0. The van der Waals surface area contributed by atoms with Crippen molar-refractivity contribution < 1.29 is 9.59 Å². The second-order valence-corrected chi connectivity index (χ2v) is 6.12. The monoisotopic (exact) mass is 301 g/mol. The number of nitrogens with one attached hydrogen (secondary N) is 2. The fourth-order valence-electron chi connectivity index (χ4n) is 3.22. The van der Waals surface area contributed by atoms with Crippen LogP contribution in [-0.4, -0.2) is 36.5 Å². The van der Waals surface area contributed by atoms with Crippen molar-refractivity contribution in [3.63, 3.8) is 0 Å². The van der Waals surface area contributed by atoms with Crippen LogP contribution < -0.4 is 10.6 Å². The van der Waals surface area contributed by atoms with E-state index in [4.69, 9.17) is 0 Å². The van der Waals surface area contributed by atoms with Crippen LogP contribution in [0.3, 0.4) is 0 Å². The van der Waals surface area contributed by atoms with E-state index in [0.29, 0.717) is 13.1 Å². The van der Waals surface area contributed by atoms with Gasteiger partial charge in [-0.05, 0) is 49.3 Å². The van der Waals surface area contributed by atoms with Crippen molar-refractivity contribution in [2.24, 2.45) is 0 Å². The lowest BCUT2D eigenvalue weighted by molar-refractivity contribution is -0.124. The molecule has 5 nitrogen and oxygen atoms in total. The van der Waals surface area contributed by atoms with Gasteiger partial charge in [0.05, 0.1) is 6.54 Å². The maximum absolute atomic E-state index is 11.5. The van der Waals surface area contributed by atoms with Crippen LogP contribution in [0.25, 0.3) is 0 Å². The van der Waals surface area contributed by atoms with E-state index < -0.39 is 0 Å². The number of nitrogens with zero attached hydrogens (tertiary/aromatic N) is 1. The van der Waals surface area contributed by atoms with Gasteiger partial charge in [-0.2, -0.15) is 0 Å². The van der Waals surface area contributed by atoms with Gasteiger partial charge in [0, 0.05) is 19.1 Å². The first kappa shape index (κ1) is 15.0. The van der Waals surface area contributed by atoms with E-state index in [0.717, 1.165) is 0 Å². The van der Waals surface area contributed by atoms with Crippen LogP contribution in [0, 0.1) is 0 Å². The van der Waals surface area contributed by atoms with E-state index in [1.165, 1.54) is 47.3 Å². The number of hydrogen-bond donors (Lipinski definition) is 2. The summed E-state index contributed by atoms with van der Waals surface area (Å²) in [4.78, 5) is 24.2. The predicted octanol–water partition coefficient (Wildman–Crippen LogP) is 1.77. The molecule has 118 valence electrons. The van der Waals surface area contributed by atoms with E-state index in [2.05, 4.69) is 35.8 Å². The Bertz CT molecular complexity index is 569. The summed E-state index contributed by atoms with van der Waals surface area (Å²) < 4.78 is 0. The Kier molecular flexibility index (Phi) is 4.43. The first-order valence-corrected chi connectivity index (χ1v) is 8.08. The number of carbonyl (C=O) groups is 2. The number of aryl methyl sites for hydroxylation is 2. The predicted molar refractivity (Wildman–Crippen MR) is 84.6 cm³/mol. The van der Waals surface area contributed by atoms with Crippen LogP contribution >= 0.6 is 0 Å². The number of carbonyl (C=O) groups excluding carboxylic acids is 2. The van der Waals surface area contributed by atoms with Crippen molar-refractivity contribution in [2.75, 3.05) is 19.6 Å². The molecule has 1 heterocycles. The van der Waals surface area contributed by atoms with E-state index in [9.17, 15) is 9.59 Å². The summed E-state index contributed by atoms with van der Waals surface area (Å²) in [7, 11) is 0. The van der Waals surface area contributed by atoms with Crippen LogP contribution in [-0.2, 0) is 17.6 Å². The molecular weight excluding hydrogens is 278 g/mol. The van der Waals surface area contributed by atoms with Crippen molar-refractivity contribution in [2.45, 2.75) is 38.6 Å². The summed E-state index contributed by atoms with van der Waals surface area (Å²) in [5.74, 6) is -0.145. The average molecular weight is 301 g/mol. The molecule has 0 unspecified atom stereocenters. The van der Waals surface area contributed by atoms with Gasteiger partial charge in [0.25, 0.3) is 0 Å². The van der Waals surface area contributed by atoms with E-state index in [-0.39, 0.29) is 24.5 Å². The van der Waals surface area contributed by atoms with Crippen molar-refractivity contribution in [3.8, 4) is 0 Å². The zero-order valence-corrected chi connectivity index (χ0v) is 13.0. The second-order valence-electron chi connectivity index (χ2n) is 6.12. The van der Waals surface area contributed by atoms with E-state index in [1.54, 1.807) is 0 Å². The summed E-state index contributed by atoms with van der Waals surface area (Å²) in [5, 5.41) is 5.93. The van der Waals surface area contributed by atoms with Gasteiger partial charge in [0.1, 0.15) is 0 Å². The Morgan fingerprint density at radius 2 is 2.00 bits per heavy atom. The number of urea groups is 1. The minimum absolute atomic E-state index is 0.124. The summed E-state index contributed by atoms with van der Waals surface area (Å²) in [5.41, 5.74) is 4.24. The van der Waals surface area contributed by atoms with Gasteiger partial charge in [-0.15, -0.1) is 0 Å². The topological polar surface area (TPSA) is 61.4 Å². The molecular formula is C17H23N3O2. The normalized spacial score (nSPS) is 19.0. The first-order valence-electron chi connectivity index (χ1n) is 8.08. The lowest BCUT2D eigenvalue weighted by Crippen LogP contribution is -2.37. The van der Waals surface area contributed by atoms with Crippen LogP contribution in [0.4, 0.5) is 4.79 Å². The van der Waals surface area contributed by atoms with E-state index in [1.807, 2.05) is 0 Å². The Morgan fingerprint density at radius 3 is 2.73 bits per heavy atom. The molecule has 3 amide bonds. The molecule has 3 rings (SSSR count). The third-order valence-corrected chi connectivity index (χ3v) is 4.60. The molecule has 0 aromatic heterocycles. The lowest BCUT2D eigenvalue weighted by Gasteiger charge is -2.21. The van der Waals surface area contributed by atoms with Crippen molar-refractivity contribution in [1.29, 1.82) is 0 Å². The fraction of sp³-hybridized carbons (Fsp3) is 0.529. The Labute approximate surface area is 131 Å². The molecule has 5 heteroatoms.